The van der Waals surface area contributed by atoms with Crippen molar-refractivity contribution in [2.24, 2.45) is 5.92 Å². The van der Waals surface area contributed by atoms with Gasteiger partial charge in [0.25, 0.3) is 0 Å². The molecule has 1 radical (unpaired) electrons. The summed E-state index contributed by atoms with van der Waals surface area (Å²) >= 11 is 0. The number of hydrogen-bond acceptors (Lipinski definition) is 2. The lowest BCUT2D eigenvalue weighted by Gasteiger charge is -2.18. The van der Waals surface area contributed by atoms with Gasteiger partial charge in [0.2, 0.25) is 0 Å². The second-order valence-electron chi connectivity index (χ2n) is 1.96. The molecule has 0 aliphatic carbocycles. The number of hydrogen-bond donors (Lipinski definition) is 2. The third-order valence-corrected chi connectivity index (χ3v) is 1.19. The van der Waals surface area contributed by atoms with Crippen molar-refractivity contribution in [1.82, 2.24) is 10.9 Å². The first kappa shape index (κ1) is 5.06. The zero-order chi connectivity index (χ0) is 5.11. The summed E-state index contributed by atoms with van der Waals surface area (Å²) in [6.07, 6.45) is 1.20. The molecule has 41 valence electrons. The maximum absolute atomic E-state index is 3.90. The average molecular weight is 99.2 g/mol. The van der Waals surface area contributed by atoms with Gasteiger partial charge in [0.15, 0.2) is 0 Å². The highest BCUT2D eigenvalue weighted by Gasteiger charge is 2.04. The van der Waals surface area contributed by atoms with Gasteiger partial charge in [-0.1, -0.05) is 0 Å². The summed E-state index contributed by atoms with van der Waals surface area (Å²) in [5, 5.41) is 0. The molecule has 1 saturated heterocycles. The highest BCUT2D eigenvalue weighted by atomic mass is 15.4. The van der Waals surface area contributed by atoms with Crippen molar-refractivity contribution in [3.8, 4) is 0 Å². The lowest BCUT2D eigenvalue weighted by Crippen LogP contribution is -2.41. The molecule has 2 heteroatoms. The third kappa shape index (κ3) is 1.45. The molecule has 1 aliphatic heterocycles. The van der Waals surface area contributed by atoms with Crippen LogP contribution in [0.15, 0.2) is 0 Å². The molecule has 0 aromatic carbocycles. The van der Waals surface area contributed by atoms with E-state index in [1.807, 2.05) is 0 Å². The molecule has 1 fully saturated rings. The first-order valence-corrected chi connectivity index (χ1v) is 2.68. The van der Waals surface area contributed by atoms with Crippen LogP contribution < -0.4 is 10.9 Å². The van der Waals surface area contributed by atoms with Gasteiger partial charge in [-0.15, -0.1) is 0 Å². The maximum atomic E-state index is 3.90. The third-order valence-electron chi connectivity index (χ3n) is 1.19. The van der Waals surface area contributed by atoms with Crippen molar-refractivity contribution in [2.75, 3.05) is 13.1 Å². The maximum Gasteiger partial charge on any atom is 0.0129 e. The Morgan fingerprint density at radius 2 is 2.29 bits per heavy atom. The SMILES string of the molecule is [CH2]C1CCNNC1. The number of hydrazine groups is 1. The van der Waals surface area contributed by atoms with Gasteiger partial charge >= 0.3 is 0 Å². The van der Waals surface area contributed by atoms with Crippen LogP contribution in [0.25, 0.3) is 0 Å². The first-order valence-electron chi connectivity index (χ1n) is 2.68. The average Bonchev–Trinajstić information content (AvgIpc) is 1.69. The monoisotopic (exact) mass is 99.1 g/mol. The Kier molecular flexibility index (Phi) is 1.65. The molecule has 0 bridgehead atoms. The van der Waals surface area contributed by atoms with E-state index in [1.165, 1.54) is 6.42 Å². The van der Waals surface area contributed by atoms with Crippen LogP contribution in [0.5, 0.6) is 0 Å². The van der Waals surface area contributed by atoms with Crippen LogP contribution in [0.1, 0.15) is 6.42 Å². The molecule has 1 rings (SSSR count). The van der Waals surface area contributed by atoms with Gasteiger partial charge in [-0.2, -0.15) is 0 Å². The van der Waals surface area contributed by atoms with Gasteiger partial charge < -0.3 is 0 Å². The molecule has 0 aromatic rings. The van der Waals surface area contributed by atoms with E-state index < -0.39 is 0 Å². The minimum atomic E-state index is 0.612. The molecule has 2 N–H and O–H groups in total. The summed E-state index contributed by atoms with van der Waals surface area (Å²) in [7, 11) is 0. The van der Waals surface area contributed by atoms with Crippen molar-refractivity contribution in [2.45, 2.75) is 6.42 Å². The zero-order valence-electron chi connectivity index (χ0n) is 4.41. The Balaban J connectivity index is 2.12. The van der Waals surface area contributed by atoms with Crippen LogP contribution in [0, 0.1) is 12.8 Å². The van der Waals surface area contributed by atoms with Gasteiger partial charge in [0.1, 0.15) is 0 Å². The molecule has 7 heavy (non-hydrogen) atoms. The second kappa shape index (κ2) is 2.28. The number of rotatable bonds is 0. The molecule has 1 unspecified atom stereocenters. The fraction of sp³-hybridized carbons (Fsp3) is 0.800. The molecule has 1 atom stereocenters. The fourth-order valence-electron chi connectivity index (χ4n) is 0.683. The molecule has 0 spiro atoms. The summed E-state index contributed by atoms with van der Waals surface area (Å²) in [4.78, 5) is 0. The van der Waals surface area contributed by atoms with E-state index in [2.05, 4.69) is 17.8 Å². The van der Waals surface area contributed by atoms with Crippen molar-refractivity contribution in [3.05, 3.63) is 6.92 Å². The molecule has 1 heterocycles. The quantitative estimate of drug-likeness (QED) is 0.444. The Bertz CT molecular complexity index is 48.0. The van der Waals surface area contributed by atoms with Crippen LogP contribution >= 0.6 is 0 Å². The van der Waals surface area contributed by atoms with Crippen LogP contribution in [-0.4, -0.2) is 13.1 Å². The van der Waals surface area contributed by atoms with Gasteiger partial charge in [-0.25, -0.2) is 0 Å². The Hall–Kier alpha value is -0.0800. The first-order chi connectivity index (χ1) is 3.39. The van der Waals surface area contributed by atoms with E-state index >= 15 is 0 Å². The Morgan fingerprint density at radius 3 is 2.57 bits per heavy atom. The zero-order valence-corrected chi connectivity index (χ0v) is 4.41. The molecule has 2 nitrogen and oxygen atoms in total. The van der Waals surface area contributed by atoms with Crippen LogP contribution in [0.4, 0.5) is 0 Å². The van der Waals surface area contributed by atoms with Gasteiger partial charge in [0, 0.05) is 13.1 Å². The second-order valence-corrected chi connectivity index (χ2v) is 1.96. The lowest BCUT2D eigenvalue weighted by atomic mass is 10.1. The summed E-state index contributed by atoms with van der Waals surface area (Å²) in [5.74, 6) is 0.612. The van der Waals surface area contributed by atoms with Crippen LogP contribution in [-0.2, 0) is 0 Å². The Morgan fingerprint density at radius 1 is 1.43 bits per heavy atom. The van der Waals surface area contributed by atoms with Gasteiger partial charge in [-0.05, 0) is 19.3 Å². The minimum Gasteiger partial charge on any atom is -0.258 e. The predicted octanol–water partition coefficient (Wildman–Crippen LogP) is -0.0654. The molecule has 1 aliphatic rings. The van der Waals surface area contributed by atoms with Crippen molar-refractivity contribution >= 4 is 0 Å². The van der Waals surface area contributed by atoms with Gasteiger partial charge in [-0.3, -0.25) is 10.9 Å². The van der Waals surface area contributed by atoms with E-state index in [1.54, 1.807) is 0 Å². The smallest absolute Gasteiger partial charge is 0.0129 e. The van der Waals surface area contributed by atoms with Crippen LogP contribution in [0.2, 0.25) is 0 Å². The van der Waals surface area contributed by atoms with E-state index in [4.69, 9.17) is 0 Å². The molecule has 0 saturated carbocycles. The van der Waals surface area contributed by atoms with Crippen molar-refractivity contribution in [3.63, 3.8) is 0 Å². The van der Waals surface area contributed by atoms with E-state index in [-0.39, 0.29) is 0 Å². The molecule has 0 aromatic heterocycles. The molecular weight excluding hydrogens is 88.1 g/mol. The standard InChI is InChI=1S/C5H11N2/c1-5-2-3-6-7-4-5/h5-7H,1-4H2. The number of nitrogens with one attached hydrogen (secondary N) is 2. The predicted molar refractivity (Wildman–Crippen MR) is 29.5 cm³/mol. The van der Waals surface area contributed by atoms with E-state index in [9.17, 15) is 0 Å². The summed E-state index contributed by atoms with van der Waals surface area (Å²) in [6, 6.07) is 0. The highest BCUT2D eigenvalue weighted by molar-refractivity contribution is 4.67. The summed E-state index contributed by atoms with van der Waals surface area (Å²) in [6.45, 7) is 5.97. The topological polar surface area (TPSA) is 24.1 Å². The lowest BCUT2D eigenvalue weighted by molar-refractivity contribution is 0.380. The highest BCUT2D eigenvalue weighted by Crippen LogP contribution is 1.98. The van der Waals surface area contributed by atoms with Crippen LogP contribution in [0.3, 0.4) is 0 Å². The molecule has 0 amide bonds. The molecular formula is C5H11N2. The normalized spacial score (nSPS) is 33.0. The van der Waals surface area contributed by atoms with Crippen molar-refractivity contribution < 1.29 is 0 Å². The summed E-state index contributed by atoms with van der Waals surface area (Å²) < 4.78 is 0. The van der Waals surface area contributed by atoms with Crippen molar-refractivity contribution in [1.29, 1.82) is 0 Å². The van der Waals surface area contributed by atoms with E-state index in [0.717, 1.165) is 13.1 Å². The minimum absolute atomic E-state index is 0.612. The Labute approximate surface area is 44.3 Å². The van der Waals surface area contributed by atoms with E-state index in [0.29, 0.717) is 5.92 Å². The largest absolute Gasteiger partial charge is 0.258 e. The summed E-state index contributed by atoms with van der Waals surface area (Å²) in [5.41, 5.74) is 6.05. The van der Waals surface area contributed by atoms with Gasteiger partial charge in [0.05, 0.1) is 0 Å². The fourth-order valence-corrected chi connectivity index (χ4v) is 0.683.